The van der Waals surface area contributed by atoms with Crippen LogP contribution in [0.3, 0.4) is 0 Å². The zero-order valence-electron chi connectivity index (χ0n) is 18.7. The monoisotopic (exact) mass is 457 g/mol. The number of amides is 2. The average molecular weight is 457 g/mol. The molecule has 0 radical (unpaired) electrons. The van der Waals surface area contributed by atoms with Crippen molar-refractivity contribution in [2.24, 2.45) is 5.10 Å². The van der Waals surface area contributed by atoms with Gasteiger partial charge >= 0.3 is 0 Å². The van der Waals surface area contributed by atoms with E-state index < -0.39 is 5.91 Å². The van der Waals surface area contributed by atoms with E-state index in [0.29, 0.717) is 34.6 Å². The molecule has 3 aromatic carbocycles. The van der Waals surface area contributed by atoms with Crippen LogP contribution in [0.2, 0.25) is 0 Å². The van der Waals surface area contributed by atoms with Crippen LogP contribution in [0, 0.1) is 0 Å². The molecule has 0 aliphatic carbocycles. The Labute approximate surface area is 195 Å². The Morgan fingerprint density at radius 2 is 1.56 bits per heavy atom. The maximum atomic E-state index is 13.0. The second-order valence-electron chi connectivity index (χ2n) is 7.32. The number of carbonyl (C=O) groups excluding carboxylic acids is 2. The van der Waals surface area contributed by atoms with Crippen molar-refractivity contribution >= 4 is 22.8 Å². The van der Waals surface area contributed by atoms with Crippen LogP contribution in [0.5, 0.6) is 11.5 Å². The summed E-state index contributed by atoms with van der Waals surface area (Å²) in [5.74, 6) is 0.372. The van der Waals surface area contributed by atoms with Crippen LogP contribution in [0.25, 0.3) is 11.0 Å². The number of benzene rings is 3. The van der Waals surface area contributed by atoms with Gasteiger partial charge in [0.05, 0.1) is 14.2 Å². The lowest BCUT2D eigenvalue weighted by Gasteiger charge is -2.08. The molecule has 4 aromatic rings. The highest BCUT2D eigenvalue weighted by Crippen LogP contribution is 2.20. The number of fused-ring (bicyclic) bond motifs is 1. The fourth-order valence-electron chi connectivity index (χ4n) is 3.25. The number of hydrogen-bond donors (Lipinski definition) is 2. The molecule has 4 rings (SSSR count). The third-order valence-electron chi connectivity index (χ3n) is 5.11. The zero-order valence-corrected chi connectivity index (χ0v) is 18.7. The van der Waals surface area contributed by atoms with E-state index >= 15 is 0 Å². The van der Waals surface area contributed by atoms with Gasteiger partial charge in [0.1, 0.15) is 22.6 Å². The highest BCUT2D eigenvalue weighted by atomic mass is 16.5. The Kier molecular flexibility index (Phi) is 6.88. The molecule has 8 nitrogen and oxygen atoms in total. The van der Waals surface area contributed by atoms with Gasteiger partial charge in [0, 0.05) is 23.6 Å². The summed E-state index contributed by atoms with van der Waals surface area (Å²) in [6.45, 7) is 0.331. The van der Waals surface area contributed by atoms with Crippen LogP contribution in [-0.4, -0.2) is 26.0 Å². The summed E-state index contributed by atoms with van der Waals surface area (Å²) >= 11 is 0. The molecule has 8 heteroatoms. The molecule has 0 saturated heterocycles. The summed E-state index contributed by atoms with van der Waals surface area (Å²) in [6.07, 6.45) is 0. The molecule has 0 fully saturated rings. The van der Waals surface area contributed by atoms with Crippen LogP contribution >= 0.6 is 0 Å². The van der Waals surface area contributed by atoms with Crippen molar-refractivity contribution < 1.29 is 23.5 Å². The van der Waals surface area contributed by atoms with Crippen LogP contribution in [0.1, 0.15) is 26.3 Å². The Morgan fingerprint density at radius 1 is 0.853 bits per heavy atom. The van der Waals surface area contributed by atoms with Crippen molar-refractivity contribution in [3.8, 4) is 11.5 Å². The van der Waals surface area contributed by atoms with Gasteiger partial charge < -0.3 is 19.2 Å². The van der Waals surface area contributed by atoms with Crippen molar-refractivity contribution in [2.45, 2.75) is 6.54 Å². The molecule has 1 aromatic heterocycles. The largest absolute Gasteiger partial charge is 0.497 e. The molecule has 0 atom stereocenters. The molecular weight excluding hydrogens is 434 g/mol. The Hall–Kier alpha value is -4.59. The molecule has 0 saturated carbocycles. The van der Waals surface area contributed by atoms with E-state index in [1.54, 1.807) is 62.8 Å². The number of ether oxygens (including phenoxy) is 2. The van der Waals surface area contributed by atoms with Gasteiger partial charge in [-0.3, -0.25) is 9.59 Å². The first-order chi connectivity index (χ1) is 16.6. The first-order valence-corrected chi connectivity index (χ1v) is 10.5. The summed E-state index contributed by atoms with van der Waals surface area (Å²) in [6, 6.07) is 23.0. The maximum Gasteiger partial charge on any atom is 0.271 e. The van der Waals surface area contributed by atoms with E-state index in [1.165, 1.54) is 0 Å². The number of methoxy groups -OCH3 is 2. The fraction of sp³-hybridized carbons (Fsp3) is 0.115. The molecule has 0 spiro atoms. The van der Waals surface area contributed by atoms with Gasteiger partial charge in [-0.2, -0.15) is 0 Å². The normalized spacial score (nSPS) is 11.2. The minimum atomic E-state index is -0.459. The SMILES string of the molecule is COc1ccc(C(=O)N/N=c2/oc3cc(OC)ccc3cc2C(=O)NCc2ccccc2)cc1. The lowest BCUT2D eigenvalue weighted by atomic mass is 10.1. The van der Waals surface area contributed by atoms with E-state index in [0.717, 1.165) is 5.56 Å². The summed E-state index contributed by atoms with van der Waals surface area (Å²) < 4.78 is 16.3. The molecule has 0 aliphatic heterocycles. The van der Waals surface area contributed by atoms with E-state index in [1.807, 2.05) is 30.3 Å². The summed E-state index contributed by atoms with van der Waals surface area (Å²) in [7, 11) is 3.10. The topological polar surface area (TPSA) is 102 Å². The number of nitrogens with one attached hydrogen (secondary N) is 2. The van der Waals surface area contributed by atoms with Crippen LogP contribution in [0.15, 0.2) is 88.4 Å². The van der Waals surface area contributed by atoms with Gasteiger partial charge in [0.15, 0.2) is 0 Å². The second-order valence-corrected chi connectivity index (χ2v) is 7.32. The van der Waals surface area contributed by atoms with Crippen molar-refractivity contribution in [3.63, 3.8) is 0 Å². The smallest absolute Gasteiger partial charge is 0.271 e. The van der Waals surface area contributed by atoms with Crippen molar-refractivity contribution in [1.29, 1.82) is 0 Å². The van der Waals surface area contributed by atoms with Crippen molar-refractivity contribution in [2.75, 3.05) is 14.2 Å². The van der Waals surface area contributed by atoms with Gasteiger partial charge in [-0.05, 0) is 48.0 Å². The quantitative estimate of drug-likeness (QED) is 0.413. The van der Waals surface area contributed by atoms with Crippen LogP contribution < -0.4 is 25.8 Å². The average Bonchev–Trinajstić information content (AvgIpc) is 2.90. The minimum absolute atomic E-state index is 0.0341. The second kappa shape index (κ2) is 10.4. The molecular formula is C26H23N3O5. The summed E-state index contributed by atoms with van der Waals surface area (Å²) in [4.78, 5) is 25.6. The van der Waals surface area contributed by atoms with Gasteiger partial charge in [-0.1, -0.05) is 30.3 Å². The zero-order chi connectivity index (χ0) is 23.9. The van der Waals surface area contributed by atoms with Crippen LogP contribution in [-0.2, 0) is 6.54 Å². The summed E-state index contributed by atoms with van der Waals surface area (Å²) in [5.41, 5.74) is 4.39. The Bertz CT molecular complexity index is 1380. The van der Waals surface area contributed by atoms with Gasteiger partial charge in [0.2, 0.25) is 5.55 Å². The van der Waals surface area contributed by atoms with Crippen LogP contribution in [0.4, 0.5) is 0 Å². The number of nitrogens with zero attached hydrogens (tertiary/aromatic N) is 1. The number of carbonyl (C=O) groups is 2. The lowest BCUT2D eigenvalue weighted by Crippen LogP contribution is -2.30. The van der Waals surface area contributed by atoms with Crippen molar-refractivity contribution in [1.82, 2.24) is 10.7 Å². The first kappa shape index (κ1) is 22.6. The predicted octanol–water partition coefficient (Wildman–Crippen LogP) is 3.63. The van der Waals surface area contributed by atoms with Crippen molar-refractivity contribution in [3.05, 3.63) is 101 Å². The van der Waals surface area contributed by atoms with Gasteiger partial charge in [-0.25, -0.2) is 5.43 Å². The lowest BCUT2D eigenvalue weighted by molar-refractivity contribution is 0.0932. The van der Waals surface area contributed by atoms with E-state index in [9.17, 15) is 9.59 Å². The predicted molar refractivity (Wildman–Crippen MR) is 126 cm³/mol. The van der Waals surface area contributed by atoms with E-state index in [4.69, 9.17) is 13.9 Å². The minimum Gasteiger partial charge on any atom is -0.497 e. The highest BCUT2D eigenvalue weighted by molar-refractivity contribution is 5.97. The first-order valence-electron chi connectivity index (χ1n) is 10.5. The van der Waals surface area contributed by atoms with Gasteiger partial charge in [-0.15, -0.1) is 5.10 Å². The Balaban J connectivity index is 1.66. The molecule has 172 valence electrons. The third kappa shape index (κ3) is 5.24. The third-order valence-corrected chi connectivity index (χ3v) is 5.11. The molecule has 0 aliphatic rings. The molecule has 0 unspecified atom stereocenters. The molecule has 2 amide bonds. The molecule has 34 heavy (non-hydrogen) atoms. The Morgan fingerprint density at radius 3 is 2.26 bits per heavy atom. The standard InChI is InChI=1S/C26H23N3O5/c1-32-20-11-8-18(9-12-20)24(30)28-29-26-22(25(31)27-16-17-6-4-3-5-7-17)14-19-10-13-21(33-2)15-23(19)34-26/h3-15H,16H2,1-2H3,(H,27,31)(H,28,30)/b29-26+. The van der Waals surface area contributed by atoms with Gasteiger partial charge in [0.25, 0.3) is 11.8 Å². The maximum absolute atomic E-state index is 13.0. The molecule has 1 heterocycles. The fourth-order valence-corrected chi connectivity index (χ4v) is 3.25. The van der Waals surface area contributed by atoms with E-state index in [-0.39, 0.29) is 17.0 Å². The summed E-state index contributed by atoms with van der Waals surface area (Å²) in [5, 5.41) is 7.66. The van der Waals surface area contributed by atoms with E-state index in [2.05, 4.69) is 15.8 Å². The molecule has 2 N–H and O–H groups in total. The number of rotatable bonds is 7. The molecule has 0 bridgehead atoms. The number of hydrogen-bond acceptors (Lipinski definition) is 6. The highest BCUT2D eigenvalue weighted by Gasteiger charge is 2.14.